The Balaban J connectivity index is 1.56. The summed E-state index contributed by atoms with van der Waals surface area (Å²) < 4.78 is 0. The lowest BCUT2D eigenvalue weighted by molar-refractivity contribution is -0.141. The van der Waals surface area contributed by atoms with Gasteiger partial charge in [-0.3, -0.25) is 9.59 Å². The van der Waals surface area contributed by atoms with Gasteiger partial charge in [-0.2, -0.15) is 0 Å². The Bertz CT molecular complexity index is 1170. The highest BCUT2D eigenvalue weighted by atomic mass is 35.5. The van der Waals surface area contributed by atoms with E-state index in [1.165, 1.54) is 0 Å². The van der Waals surface area contributed by atoms with Gasteiger partial charge in [0.15, 0.2) is 0 Å². The lowest BCUT2D eigenvalue weighted by atomic mass is 10.0. The zero-order valence-corrected chi connectivity index (χ0v) is 23.1. The number of carbonyl (C=O) groups excluding carboxylic acids is 2. The Kier molecular flexibility index (Phi) is 10.4. The minimum absolute atomic E-state index is 0.0519. The van der Waals surface area contributed by atoms with Gasteiger partial charge in [-0.15, -0.1) is 11.8 Å². The van der Waals surface area contributed by atoms with Gasteiger partial charge in [0.1, 0.15) is 6.04 Å². The van der Waals surface area contributed by atoms with Gasteiger partial charge < -0.3 is 10.2 Å². The van der Waals surface area contributed by atoms with Crippen LogP contribution in [0.2, 0.25) is 10.0 Å². The third kappa shape index (κ3) is 8.53. The Morgan fingerprint density at radius 2 is 1.59 bits per heavy atom. The molecule has 0 spiro atoms. The Hall–Kier alpha value is -2.47. The van der Waals surface area contributed by atoms with Crippen molar-refractivity contribution in [2.45, 2.75) is 62.0 Å². The van der Waals surface area contributed by atoms with Crippen LogP contribution in [0.15, 0.2) is 83.8 Å². The predicted molar refractivity (Wildman–Crippen MR) is 153 cm³/mol. The molecule has 4 rings (SSSR count). The van der Waals surface area contributed by atoms with Crippen molar-refractivity contribution in [3.8, 4) is 0 Å². The van der Waals surface area contributed by atoms with Crippen molar-refractivity contribution >= 4 is 46.8 Å². The number of nitrogens with zero attached hydrogens (tertiary/aromatic N) is 1. The van der Waals surface area contributed by atoms with Crippen LogP contribution in [0, 0.1) is 0 Å². The molecule has 7 heteroatoms. The molecule has 0 aliphatic heterocycles. The molecule has 1 fully saturated rings. The van der Waals surface area contributed by atoms with Crippen molar-refractivity contribution in [1.29, 1.82) is 0 Å². The van der Waals surface area contributed by atoms with Gasteiger partial charge in [-0.05, 0) is 60.4 Å². The van der Waals surface area contributed by atoms with Gasteiger partial charge in [-0.25, -0.2) is 0 Å². The van der Waals surface area contributed by atoms with Gasteiger partial charge in [0.2, 0.25) is 11.8 Å². The molecule has 0 unspecified atom stereocenters. The lowest BCUT2D eigenvalue weighted by Gasteiger charge is -2.32. The van der Waals surface area contributed by atoms with Crippen molar-refractivity contribution in [3.05, 3.63) is 100 Å². The number of hydrogen-bond acceptors (Lipinski definition) is 3. The van der Waals surface area contributed by atoms with Crippen LogP contribution in [0.25, 0.3) is 0 Å². The summed E-state index contributed by atoms with van der Waals surface area (Å²) in [6.07, 6.45) is 5.00. The number of halogens is 2. The Labute approximate surface area is 233 Å². The van der Waals surface area contributed by atoms with E-state index in [0.29, 0.717) is 35.2 Å². The van der Waals surface area contributed by atoms with Crippen LogP contribution in [0.5, 0.6) is 0 Å². The average molecular weight is 556 g/mol. The van der Waals surface area contributed by atoms with Crippen LogP contribution >= 0.6 is 35.0 Å². The smallest absolute Gasteiger partial charge is 0.243 e. The number of thioether (sulfide) groups is 1. The van der Waals surface area contributed by atoms with E-state index < -0.39 is 6.04 Å². The molecule has 3 aromatic rings. The molecule has 0 bridgehead atoms. The molecule has 194 valence electrons. The van der Waals surface area contributed by atoms with Crippen LogP contribution in [0.1, 0.15) is 43.2 Å². The largest absolute Gasteiger partial charge is 0.352 e. The summed E-state index contributed by atoms with van der Waals surface area (Å²) in [5.74, 6) is 0.467. The molecule has 2 amide bonds. The molecule has 0 aromatic heterocycles. The second-order valence-corrected chi connectivity index (χ2v) is 11.4. The summed E-state index contributed by atoms with van der Waals surface area (Å²) in [6, 6.07) is 24.6. The maximum atomic E-state index is 13.7. The van der Waals surface area contributed by atoms with E-state index in [1.807, 2.05) is 78.9 Å². The molecule has 0 radical (unpaired) electrons. The number of amides is 2. The molecule has 4 nitrogen and oxygen atoms in total. The second kappa shape index (κ2) is 13.9. The van der Waals surface area contributed by atoms with Crippen LogP contribution in [-0.4, -0.2) is 34.6 Å². The fourth-order valence-corrected chi connectivity index (χ4v) is 5.86. The first kappa shape index (κ1) is 27.6. The molecular weight excluding hydrogens is 523 g/mol. The first-order valence-corrected chi connectivity index (χ1v) is 14.5. The molecule has 37 heavy (non-hydrogen) atoms. The van der Waals surface area contributed by atoms with Crippen molar-refractivity contribution in [3.63, 3.8) is 0 Å². The van der Waals surface area contributed by atoms with E-state index in [4.69, 9.17) is 23.2 Å². The van der Waals surface area contributed by atoms with Crippen molar-refractivity contribution in [1.82, 2.24) is 10.2 Å². The molecule has 1 saturated carbocycles. The summed E-state index contributed by atoms with van der Waals surface area (Å²) in [5, 5.41) is 4.54. The monoisotopic (exact) mass is 554 g/mol. The molecule has 1 N–H and O–H groups in total. The molecule has 0 heterocycles. The number of carbonyl (C=O) groups is 2. The van der Waals surface area contributed by atoms with Crippen LogP contribution in [-0.2, 0) is 22.6 Å². The van der Waals surface area contributed by atoms with E-state index >= 15 is 0 Å². The highest BCUT2D eigenvalue weighted by Gasteiger charge is 2.32. The van der Waals surface area contributed by atoms with Crippen molar-refractivity contribution in [2.24, 2.45) is 0 Å². The predicted octanol–water partition coefficient (Wildman–Crippen LogP) is 7.17. The molecule has 1 aliphatic rings. The second-order valence-electron chi connectivity index (χ2n) is 9.40. The van der Waals surface area contributed by atoms with Crippen molar-refractivity contribution in [2.75, 3.05) is 5.75 Å². The van der Waals surface area contributed by atoms with Gasteiger partial charge in [0, 0.05) is 46.1 Å². The maximum Gasteiger partial charge on any atom is 0.243 e. The van der Waals surface area contributed by atoms with E-state index in [1.54, 1.807) is 16.7 Å². The zero-order valence-electron chi connectivity index (χ0n) is 20.7. The molecule has 0 saturated heterocycles. The molecule has 1 aliphatic carbocycles. The fraction of sp³-hybridized carbons (Fsp3) is 0.333. The Morgan fingerprint density at radius 3 is 2.30 bits per heavy atom. The lowest BCUT2D eigenvalue weighted by Crippen LogP contribution is -2.52. The summed E-state index contributed by atoms with van der Waals surface area (Å²) in [7, 11) is 0. The summed E-state index contributed by atoms with van der Waals surface area (Å²) in [6.45, 7) is 0.320. The van der Waals surface area contributed by atoms with Gasteiger partial charge >= 0.3 is 0 Å². The van der Waals surface area contributed by atoms with E-state index in [-0.39, 0.29) is 17.9 Å². The third-order valence-corrected chi connectivity index (χ3v) is 8.11. The molecule has 3 aromatic carbocycles. The van der Waals surface area contributed by atoms with Crippen LogP contribution in [0.3, 0.4) is 0 Å². The maximum absolute atomic E-state index is 13.7. The third-order valence-electron chi connectivity index (χ3n) is 6.61. The topological polar surface area (TPSA) is 49.4 Å². The molecular formula is C30H32Cl2N2O2S. The summed E-state index contributed by atoms with van der Waals surface area (Å²) in [4.78, 5) is 30.2. The number of rotatable bonds is 11. The minimum Gasteiger partial charge on any atom is -0.352 e. The van der Waals surface area contributed by atoms with Crippen molar-refractivity contribution < 1.29 is 9.59 Å². The molecule has 1 atom stereocenters. The minimum atomic E-state index is -0.616. The quantitative estimate of drug-likeness (QED) is 0.255. The van der Waals surface area contributed by atoms with E-state index in [9.17, 15) is 9.59 Å². The highest BCUT2D eigenvalue weighted by Crippen LogP contribution is 2.24. The first-order chi connectivity index (χ1) is 18.0. The SMILES string of the molecule is O=C(NC1CCCC1)[C@H](Cc1ccccc1)N(Cc1cccc(Cl)c1)C(=O)CCSc1ccc(Cl)cc1. The summed E-state index contributed by atoms with van der Waals surface area (Å²) in [5.41, 5.74) is 1.92. The van der Waals surface area contributed by atoms with Gasteiger partial charge in [0.05, 0.1) is 0 Å². The van der Waals surface area contributed by atoms with Crippen LogP contribution < -0.4 is 5.32 Å². The van der Waals surface area contributed by atoms with Crippen LogP contribution in [0.4, 0.5) is 0 Å². The van der Waals surface area contributed by atoms with Gasteiger partial charge in [0.25, 0.3) is 0 Å². The number of benzene rings is 3. The van der Waals surface area contributed by atoms with Gasteiger partial charge in [-0.1, -0.05) is 78.5 Å². The standard InChI is InChI=1S/C30H32Cl2N2O2S/c31-24-13-15-27(16-14-24)37-18-17-29(35)34(21-23-9-6-10-25(32)19-23)28(20-22-7-2-1-3-8-22)30(36)33-26-11-4-5-12-26/h1-3,6-10,13-16,19,26,28H,4-5,11-12,17-18,20-21H2,(H,33,36)/t28-/m0/s1. The first-order valence-electron chi connectivity index (χ1n) is 12.7. The normalized spacial score (nSPS) is 14.3. The number of nitrogens with one attached hydrogen (secondary N) is 1. The summed E-state index contributed by atoms with van der Waals surface area (Å²) >= 11 is 13.9. The van der Waals surface area contributed by atoms with E-state index in [0.717, 1.165) is 41.7 Å². The number of hydrogen-bond donors (Lipinski definition) is 1. The Morgan fingerprint density at radius 1 is 0.892 bits per heavy atom. The van der Waals surface area contributed by atoms with E-state index in [2.05, 4.69) is 5.32 Å². The zero-order chi connectivity index (χ0) is 26.0. The average Bonchev–Trinajstić information content (AvgIpc) is 3.41. The highest BCUT2D eigenvalue weighted by molar-refractivity contribution is 7.99. The fourth-order valence-electron chi connectivity index (χ4n) is 4.68.